The Hall–Kier alpha value is -2.71. The third-order valence-electron chi connectivity index (χ3n) is 4.87. The Balaban J connectivity index is 1.62. The summed E-state index contributed by atoms with van der Waals surface area (Å²) in [5, 5.41) is 8.46. The lowest BCUT2D eigenvalue weighted by molar-refractivity contribution is -0.132. The van der Waals surface area contributed by atoms with Gasteiger partial charge in [-0.1, -0.05) is 19.1 Å². The highest BCUT2D eigenvalue weighted by molar-refractivity contribution is 5.76. The summed E-state index contributed by atoms with van der Waals surface area (Å²) in [7, 11) is 0. The van der Waals surface area contributed by atoms with Gasteiger partial charge in [0.25, 0.3) is 5.56 Å². The predicted molar refractivity (Wildman–Crippen MR) is 99.1 cm³/mol. The standard InChI is InChI=1S/C18H26N6O3/c1-13(2)5-11-23-12-14(20-21-23)15-4-3-8-24(15)17(26)7-10-22-9-6-16(25)19-18(22)27/h6,9,12-13,15H,3-5,7-8,10-11H2,1-2H3,(H,19,25,27). The van der Waals surface area contributed by atoms with Gasteiger partial charge in [-0.25, -0.2) is 4.79 Å². The van der Waals surface area contributed by atoms with Gasteiger partial charge in [0.05, 0.1) is 12.2 Å². The number of nitrogens with zero attached hydrogens (tertiary/aromatic N) is 5. The molecule has 1 unspecified atom stereocenters. The van der Waals surface area contributed by atoms with Gasteiger partial charge >= 0.3 is 5.69 Å². The van der Waals surface area contributed by atoms with Gasteiger partial charge in [-0.15, -0.1) is 5.10 Å². The lowest BCUT2D eigenvalue weighted by atomic mass is 10.1. The van der Waals surface area contributed by atoms with Crippen LogP contribution in [0, 0.1) is 5.92 Å². The number of aromatic amines is 1. The second kappa shape index (κ2) is 8.32. The molecule has 0 saturated carbocycles. The van der Waals surface area contributed by atoms with Crippen molar-refractivity contribution < 1.29 is 4.79 Å². The number of aromatic nitrogens is 5. The van der Waals surface area contributed by atoms with Gasteiger partial charge in [-0.3, -0.25) is 19.3 Å². The Bertz CT molecular complexity index is 897. The minimum Gasteiger partial charge on any atom is -0.334 e. The Morgan fingerprint density at radius 3 is 2.89 bits per heavy atom. The monoisotopic (exact) mass is 374 g/mol. The Morgan fingerprint density at radius 1 is 1.33 bits per heavy atom. The van der Waals surface area contributed by atoms with Crippen molar-refractivity contribution in [2.24, 2.45) is 5.92 Å². The zero-order valence-corrected chi connectivity index (χ0v) is 15.8. The molecule has 2 aromatic heterocycles. The average Bonchev–Trinajstić information content (AvgIpc) is 3.28. The van der Waals surface area contributed by atoms with Crippen molar-refractivity contribution in [2.75, 3.05) is 6.54 Å². The van der Waals surface area contributed by atoms with Crippen molar-refractivity contribution in [1.29, 1.82) is 0 Å². The van der Waals surface area contributed by atoms with Gasteiger partial charge in [0, 0.05) is 38.3 Å². The molecule has 1 atom stereocenters. The summed E-state index contributed by atoms with van der Waals surface area (Å²) in [6.07, 6.45) is 6.37. The molecule has 0 radical (unpaired) electrons. The first-order valence-corrected chi connectivity index (χ1v) is 9.43. The van der Waals surface area contributed by atoms with Crippen LogP contribution in [-0.2, 0) is 17.9 Å². The maximum Gasteiger partial charge on any atom is 0.328 e. The van der Waals surface area contributed by atoms with E-state index in [9.17, 15) is 14.4 Å². The summed E-state index contributed by atoms with van der Waals surface area (Å²) in [5.41, 5.74) is -0.116. The first-order valence-electron chi connectivity index (χ1n) is 9.43. The molecule has 1 amide bonds. The molecular weight excluding hydrogens is 348 g/mol. The first-order chi connectivity index (χ1) is 12.9. The Labute approximate surface area is 157 Å². The zero-order chi connectivity index (χ0) is 19.4. The van der Waals surface area contributed by atoms with Crippen LogP contribution in [0.5, 0.6) is 0 Å². The molecule has 2 aromatic rings. The summed E-state index contributed by atoms with van der Waals surface area (Å²) >= 11 is 0. The van der Waals surface area contributed by atoms with Crippen LogP contribution < -0.4 is 11.2 Å². The summed E-state index contributed by atoms with van der Waals surface area (Å²) in [5.74, 6) is 0.575. The highest BCUT2D eigenvalue weighted by Crippen LogP contribution is 2.31. The number of amides is 1. The molecule has 9 heteroatoms. The van der Waals surface area contributed by atoms with Gasteiger partial charge in [-0.2, -0.15) is 0 Å². The number of hydrogen-bond acceptors (Lipinski definition) is 5. The van der Waals surface area contributed by atoms with E-state index in [0.717, 1.165) is 31.5 Å². The second-order valence-electron chi connectivity index (χ2n) is 7.39. The van der Waals surface area contributed by atoms with Crippen LogP contribution in [0.1, 0.15) is 51.3 Å². The van der Waals surface area contributed by atoms with Crippen molar-refractivity contribution >= 4 is 5.91 Å². The number of carbonyl (C=O) groups excluding carboxylic acids is 1. The molecule has 1 fully saturated rings. The molecule has 9 nitrogen and oxygen atoms in total. The fraction of sp³-hybridized carbons (Fsp3) is 0.611. The molecule has 1 aliphatic rings. The van der Waals surface area contributed by atoms with Crippen molar-refractivity contribution in [3.05, 3.63) is 45.0 Å². The highest BCUT2D eigenvalue weighted by Gasteiger charge is 2.31. The molecule has 0 bridgehead atoms. The molecule has 3 heterocycles. The van der Waals surface area contributed by atoms with E-state index in [1.807, 2.05) is 15.8 Å². The minimum atomic E-state index is -0.499. The van der Waals surface area contributed by atoms with Crippen LogP contribution in [0.2, 0.25) is 0 Å². The van der Waals surface area contributed by atoms with Gasteiger partial charge in [0.2, 0.25) is 5.91 Å². The quantitative estimate of drug-likeness (QED) is 0.776. The smallest absolute Gasteiger partial charge is 0.328 e. The Kier molecular flexibility index (Phi) is 5.88. The number of nitrogens with one attached hydrogen (secondary N) is 1. The van der Waals surface area contributed by atoms with Gasteiger partial charge in [0.15, 0.2) is 0 Å². The van der Waals surface area contributed by atoms with E-state index in [0.29, 0.717) is 12.5 Å². The summed E-state index contributed by atoms with van der Waals surface area (Å²) in [6.45, 7) is 6.08. The normalized spacial score (nSPS) is 17.0. The number of carbonyl (C=O) groups is 1. The number of hydrogen-bond donors (Lipinski definition) is 1. The molecule has 1 saturated heterocycles. The van der Waals surface area contributed by atoms with Crippen LogP contribution in [-0.4, -0.2) is 41.9 Å². The highest BCUT2D eigenvalue weighted by atomic mass is 16.2. The molecule has 1 aliphatic heterocycles. The summed E-state index contributed by atoms with van der Waals surface area (Å²) < 4.78 is 3.18. The number of H-pyrrole nitrogens is 1. The van der Waals surface area contributed by atoms with E-state index >= 15 is 0 Å². The minimum absolute atomic E-state index is 0.0210. The fourth-order valence-electron chi connectivity index (χ4n) is 3.32. The third kappa shape index (κ3) is 4.72. The van der Waals surface area contributed by atoms with Gasteiger partial charge in [-0.05, 0) is 25.2 Å². The first kappa shape index (κ1) is 19.1. The van der Waals surface area contributed by atoms with Crippen molar-refractivity contribution in [1.82, 2.24) is 29.4 Å². The van der Waals surface area contributed by atoms with E-state index in [1.54, 1.807) is 0 Å². The summed E-state index contributed by atoms with van der Waals surface area (Å²) in [4.78, 5) is 39.6. The van der Waals surface area contributed by atoms with Gasteiger partial charge in [0.1, 0.15) is 5.69 Å². The maximum absolute atomic E-state index is 12.7. The predicted octanol–water partition coefficient (Wildman–Crippen LogP) is 0.928. The largest absolute Gasteiger partial charge is 0.334 e. The van der Waals surface area contributed by atoms with Crippen molar-refractivity contribution in [3.8, 4) is 0 Å². The molecular formula is C18H26N6O3. The van der Waals surface area contributed by atoms with Crippen LogP contribution >= 0.6 is 0 Å². The van der Waals surface area contributed by atoms with Crippen LogP contribution in [0.15, 0.2) is 28.0 Å². The molecule has 0 spiro atoms. The lowest BCUT2D eigenvalue weighted by Crippen LogP contribution is -2.34. The molecule has 0 aliphatic carbocycles. The molecule has 146 valence electrons. The van der Waals surface area contributed by atoms with E-state index in [-0.39, 0.29) is 24.9 Å². The SMILES string of the molecule is CC(C)CCn1cc(C2CCCN2C(=O)CCn2ccc(=O)[nH]c2=O)nn1. The number of aryl methyl sites for hydroxylation is 2. The van der Waals surface area contributed by atoms with Crippen LogP contribution in [0.4, 0.5) is 0 Å². The molecule has 27 heavy (non-hydrogen) atoms. The molecule has 0 aromatic carbocycles. The topological polar surface area (TPSA) is 106 Å². The second-order valence-corrected chi connectivity index (χ2v) is 7.39. The Morgan fingerprint density at radius 2 is 2.15 bits per heavy atom. The zero-order valence-electron chi connectivity index (χ0n) is 15.8. The number of likely N-dealkylation sites (tertiary alicyclic amines) is 1. The van der Waals surface area contributed by atoms with Crippen molar-refractivity contribution in [2.45, 2.75) is 58.7 Å². The molecule has 1 N–H and O–H groups in total. The number of rotatable bonds is 7. The van der Waals surface area contributed by atoms with E-state index in [4.69, 9.17) is 0 Å². The molecule has 3 rings (SSSR count). The average molecular weight is 374 g/mol. The van der Waals surface area contributed by atoms with Gasteiger partial charge < -0.3 is 9.47 Å². The van der Waals surface area contributed by atoms with Crippen LogP contribution in [0.3, 0.4) is 0 Å². The van der Waals surface area contributed by atoms with Crippen LogP contribution in [0.25, 0.3) is 0 Å². The fourth-order valence-corrected chi connectivity index (χ4v) is 3.32. The van der Waals surface area contributed by atoms with E-state index in [2.05, 4.69) is 29.1 Å². The lowest BCUT2D eigenvalue weighted by Gasteiger charge is -2.23. The maximum atomic E-state index is 12.7. The van der Waals surface area contributed by atoms with E-state index < -0.39 is 11.2 Å². The summed E-state index contributed by atoms with van der Waals surface area (Å²) in [6, 6.07) is 1.22. The van der Waals surface area contributed by atoms with E-state index in [1.165, 1.54) is 16.8 Å². The van der Waals surface area contributed by atoms with Crippen molar-refractivity contribution in [3.63, 3.8) is 0 Å². The third-order valence-corrected chi connectivity index (χ3v) is 4.87.